The number of nitro benzene ring substituents is 1. The van der Waals surface area contributed by atoms with E-state index in [0.29, 0.717) is 5.56 Å². The molecule has 0 N–H and O–H groups in total. The second-order valence-corrected chi connectivity index (χ2v) is 4.29. The number of carbonyl (C=O) groups excluding carboxylic acids is 1. The topological polar surface area (TPSA) is 126 Å². The number of non-ortho nitro benzene ring substituents is 1. The van der Waals surface area contributed by atoms with Gasteiger partial charge in [0.2, 0.25) is 0 Å². The third-order valence-electron chi connectivity index (χ3n) is 2.87. The zero-order valence-corrected chi connectivity index (χ0v) is 11.8. The molecule has 0 aliphatic carbocycles. The normalized spacial score (nSPS) is 11.1. The molecule has 9 heteroatoms. The molecule has 1 heterocycles. The van der Waals surface area contributed by atoms with Crippen LogP contribution < -0.4 is 0 Å². The van der Waals surface area contributed by atoms with E-state index in [1.807, 2.05) is 0 Å². The van der Waals surface area contributed by atoms with Crippen molar-refractivity contribution in [3.63, 3.8) is 0 Å². The molecule has 0 fully saturated rings. The first-order valence-corrected chi connectivity index (χ1v) is 6.21. The van der Waals surface area contributed by atoms with Crippen LogP contribution in [0.1, 0.15) is 11.3 Å². The lowest BCUT2D eigenvalue weighted by Gasteiger charge is -2.05. The first kappa shape index (κ1) is 15.9. The van der Waals surface area contributed by atoms with Gasteiger partial charge in [0.15, 0.2) is 0 Å². The number of methoxy groups -OCH3 is 1. The monoisotopic (exact) mass is 318 g/mol. The van der Waals surface area contributed by atoms with Crippen molar-refractivity contribution in [2.45, 2.75) is 0 Å². The molecule has 2 aromatic rings. The number of nitro groups is 2. The summed E-state index contributed by atoms with van der Waals surface area (Å²) in [7, 11) is 1.17. The molecule has 0 atom stereocenters. The van der Waals surface area contributed by atoms with Gasteiger partial charge in [0.25, 0.3) is 5.69 Å². The van der Waals surface area contributed by atoms with Crippen molar-refractivity contribution in [1.29, 1.82) is 0 Å². The molecule has 0 unspecified atom stereocenters. The maximum atomic E-state index is 11.9. The fourth-order valence-electron chi connectivity index (χ4n) is 1.79. The van der Waals surface area contributed by atoms with Crippen LogP contribution in [0, 0.1) is 20.2 Å². The fourth-order valence-corrected chi connectivity index (χ4v) is 1.79. The van der Waals surface area contributed by atoms with Crippen LogP contribution in [0.15, 0.2) is 40.8 Å². The summed E-state index contributed by atoms with van der Waals surface area (Å²) in [5.41, 5.74) is 0.264. The summed E-state index contributed by atoms with van der Waals surface area (Å²) in [4.78, 5) is 31.8. The Morgan fingerprint density at radius 2 is 1.74 bits per heavy atom. The summed E-state index contributed by atoms with van der Waals surface area (Å²) in [6.45, 7) is 0. The number of hydrogen-bond acceptors (Lipinski definition) is 7. The maximum Gasteiger partial charge on any atom is 0.433 e. The summed E-state index contributed by atoms with van der Waals surface area (Å²) in [6, 6.07) is 7.69. The van der Waals surface area contributed by atoms with Crippen molar-refractivity contribution in [2.75, 3.05) is 7.11 Å². The van der Waals surface area contributed by atoms with Crippen molar-refractivity contribution in [2.24, 2.45) is 0 Å². The van der Waals surface area contributed by atoms with Gasteiger partial charge in [-0.1, -0.05) is 0 Å². The molecule has 0 bridgehead atoms. The molecule has 23 heavy (non-hydrogen) atoms. The number of ether oxygens (including phenoxy) is 1. The Labute approximate surface area is 129 Å². The highest BCUT2D eigenvalue weighted by Gasteiger charge is 2.17. The Kier molecular flexibility index (Phi) is 4.50. The van der Waals surface area contributed by atoms with E-state index in [1.165, 1.54) is 43.5 Å². The molecule has 0 aliphatic rings. The quantitative estimate of drug-likeness (QED) is 0.359. The van der Waals surface area contributed by atoms with Crippen molar-refractivity contribution in [3.8, 4) is 0 Å². The van der Waals surface area contributed by atoms with E-state index in [2.05, 4.69) is 4.74 Å². The number of carbonyl (C=O) groups is 1. The third kappa shape index (κ3) is 3.59. The molecule has 1 aromatic heterocycles. The van der Waals surface area contributed by atoms with Gasteiger partial charge in [0.1, 0.15) is 10.7 Å². The van der Waals surface area contributed by atoms with Crippen LogP contribution in [0.3, 0.4) is 0 Å². The molecule has 0 saturated carbocycles. The lowest BCUT2D eigenvalue weighted by atomic mass is 10.0. The van der Waals surface area contributed by atoms with Gasteiger partial charge in [-0.25, -0.2) is 4.79 Å². The van der Waals surface area contributed by atoms with Crippen molar-refractivity contribution >= 4 is 29.2 Å². The lowest BCUT2D eigenvalue weighted by Crippen LogP contribution is -2.04. The number of rotatable bonds is 5. The SMILES string of the molecule is COC(=O)/C(=C/c1ccc([N+](=O)[O-])o1)c1ccc([N+](=O)[O-])cc1. The van der Waals surface area contributed by atoms with Gasteiger partial charge in [0, 0.05) is 12.1 Å². The van der Waals surface area contributed by atoms with Gasteiger partial charge in [-0.05, 0) is 29.8 Å². The molecule has 2 rings (SSSR count). The molecule has 0 spiro atoms. The highest BCUT2D eigenvalue weighted by Crippen LogP contribution is 2.25. The highest BCUT2D eigenvalue weighted by atomic mass is 16.6. The Morgan fingerprint density at radius 1 is 1.09 bits per heavy atom. The molecule has 0 saturated heterocycles. The Balaban J connectivity index is 2.43. The van der Waals surface area contributed by atoms with Crippen LogP contribution in [-0.4, -0.2) is 22.9 Å². The van der Waals surface area contributed by atoms with Crippen LogP contribution in [0.25, 0.3) is 11.6 Å². The van der Waals surface area contributed by atoms with E-state index in [-0.39, 0.29) is 17.0 Å². The van der Waals surface area contributed by atoms with E-state index < -0.39 is 21.7 Å². The van der Waals surface area contributed by atoms with Crippen LogP contribution in [0.2, 0.25) is 0 Å². The van der Waals surface area contributed by atoms with E-state index in [4.69, 9.17) is 4.42 Å². The third-order valence-corrected chi connectivity index (χ3v) is 2.87. The van der Waals surface area contributed by atoms with E-state index in [1.54, 1.807) is 0 Å². The van der Waals surface area contributed by atoms with E-state index >= 15 is 0 Å². The van der Waals surface area contributed by atoms with Gasteiger partial charge in [-0.15, -0.1) is 0 Å². The predicted octanol–water partition coefficient (Wildman–Crippen LogP) is 2.81. The summed E-state index contributed by atoms with van der Waals surface area (Å²) in [6.07, 6.45) is 1.26. The summed E-state index contributed by atoms with van der Waals surface area (Å²) in [5, 5.41) is 21.2. The highest BCUT2D eigenvalue weighted by molar-refractivity contribution is 6.21. The average molecular weight is 318 g/mol. The standard InChI is InChI=1S/C14H10N2O7/c1-22-14(17)12(8-11-6-7-13(23-11)16(20)21)9-2-4-10(5-3-9)15(18)19/h2-8H,1H3/b12-8+. The zero-order valence-electron chi connectivity index (χ0n) is 11.8. The molecule has 0 radical (unpaired) electrons. The lowest BCUT2D eigenvalue weighted by molar-refractivity contribution is -0.402. The number of benzene rings is 1. The summed E-state index contributed by atoms with van der Waals surface area (Å²) < 4.78 is 9.62. The zero-order chi connectivity index (χ0) is 17.0. The molecule has 0 amide bonds. The van der Waals surface area contributed by atoms with Gasteiger partial charge >= 0.3 is 11.9 Å². The fraction of sp³-hybridized carbons (Fsp3) is 0.0714. The van der Waals surface area contributed by atoms with Gasteiger partial charge in [0.05, 0.1) is 23.7 Å². The van der Waals surface area contributed by atoms with Gasteiger partial charge in [-0.2, -0.15) is 0 Å². The average Bonchev–Trinajstić information content (AvgIpc) is 3.01. The molecule has 1 aromatic carbocycles. The largest absolute Gasteiger partial charge is 0.465 e. The van der Waals surface area contributed by atoms with Crippen molar-refractivity contribution in [1.82, 2.24) is 0 Å². The molecule has 0 aliphatic heterocycles. The number of furan rings is 1. The summed E-state index contributed by atoms with van der Waals surface area (Å²) in [5.74, 6) is -1.10. The van der Waals surface area contributed by atoms with Crippen LogP contribution in [0.5, 0.6) is 0 Å². The van der Waals surface area contributed by atoms with Gasteiger partial charge in [-0.3, -0.25) is 20.2 Å². The second-order valence-electron chi connectivity index (χ2n) is 4.29. The number of esters is 1. The predicted molar refractivity (Wildman–Crippen MR) is 78.3 cm³/mol. The molecule has 9 nitrogen and oxygen atoms in total. The minimum atomic E-state index is -0.710. The Hall–Kier alpha value is -3.49. The van der Waals surface area contributed by atoms with E-state index in [9.17, 15) is 25.0 Å². The minimum Gasteiger partial charge on any atom is -0.465 e. The summed E-state index contributed by atoms with van der Waals surface area (Å²) >= 11 is 0. The Morgan fingerprint density at radius 3 is 2.22 bits per heavy atom. The molecular weight excluding hydrogens is 308 g/mol. The molecule has 118 valence electrons. The second kappa shape index (κ2) is 6.52. The van der Waals surface area contributed by atoms with Crippen LogP contribution in [0.4, 0.5) is 11.6 Å². The minimum absolute atomic E-state index is 0.0478. The maximum absolute atomic E-state index is 11.9. The van der Waals surface area contributed by atoms with Crippen LogP contribution >= 0.6 is 0 Å². The Bertz CT molecular complexity index is 790. The smallest absolute Gasteiger partial charge is 0.433 e. The van der Waals surface area contributed by atoms with E-state index in [0.717, 1.165) is 6.07 Å². The number of hydrogen-bond donors (Lipinski definition) is 0. The van der Waals surface area contributed by atoms with Crippen molar-refractivity contribution < 1.29 is 23.8 Å². The van der Waals surface area contributed by atoms with Crippen molar-refractivity contribution in [3.05, 3.63) is 68.0 Å². The van der Waals surface area contributed by atoms with Gasteiger partial charge < -0.3 is 9.15 Å². The van der Waals surface area contributed by atoms with Crippen LogP contribution in [-0.2, 0) is 9.53 Å². The number of nitrogens with zero attached hydrogens (tertiary/aromatic N) is 2. The first-order valence-electron chi connectivity index (χ1n) is 6.21. The molecular formula is C14H10N2O7. The first-order chi connectivity index (χ1) is 10.9.